The quantitative estimate of drug-likeness (QED) is 0.130. The molecule has 0 bridgehead atoms. The summed E-state index contributed by atoms with van der Waals surface area (Å²) in [6.07, 6.45) is 0.0653. The number of anilines is 2. The van der Waals surface area contributed by atoms with Gasteiger partial charge in [-0.3, -0.25) is 11.5 Å². The van der Waals surface area contributed by atoms with E-state index in [-0.39, 0.29) is 24.7 Å². The lowest BCUT2D eigenvalue weighted by Crippen LogP contribution is -2.30. The van der Waals surface area contributed by atoms with Crippen LogP contribution in [-0.2, 0) is 31.9 Å². The fraction of sp³-hybridized carbons (Fsp3) is 0.357. The molecule has 216 valence electrons. The van der Waals surface area contributed by atoms with Crippen LogP contribution in [0, 0.1) is 0 Å². The van der Waals surface area contributed by atoms with E-state index in [1.165, 1.54) is 0 Å². The van der Waals surface area contributed by atoms with Crippen molar-refractivity contribution in [1.82, 2.24) is 0 Å². The van der Waals surface area contributed by atoms with E-state index in [1.807, 2.05) is 52.0 Å². The maximum atomic E-state index is 12.1. The number of carbonyl (C=O) groups is 4. The summed E-state index contributed by atoms with van der Waals surface area (Å²) in [4.78, 5) is 47.0. The smallest absolute Gasteiger partial charge is 0.332 e. The van der Waals surface area contributed by atoms with E-state index in [2.05, 4.69) is 10.6 Å². The highest BCUT2D eigenvalue weighted by molar-refractivity contribution is 5.92. The maximum absolute atomic E-state index is 12.1. The minimum atomic E-state index is -1.02. The first-order valence-corrected chi connectivity index (χ1v) is 12.7. The molecule has 0 aliphatic heterocycles. The summed E-state index contributed by atoms with van der Waals surface area (Å²) in [5.41, 5.74) is 26.7. The minimum Gasteiger partial charge on any atom is -0.443 e. The van der Waals surface area contributed by atoms with Gasteiger partial charge in [-0.15, -0.1) is 0 Å². The molecule has 10 N–H and O–H groups in total. The molecule has 2 aromatic rings. The first kappa shape index (κ1) is 31.8. The second-order valence-electron chi connectivity index (χ2n) is 9.82. The average molecular weight is 555 g/mol. The lowest BCUT2D eigenvalue weighted by atomic mass is 9.98. The second kappa shape index (κ2) is 14.7. The van der Waals surface area contributed by atoms with Gasteiger partial charge >= 0.3 is 24.0 Å². The number of nitrogens with one attached hydrogen (secondary N) is 2. The predicted octanol–water partition coefficient (Wildman–Crippen LogP) is 2.91. The van der Waals surface area contributed by atoms with Gasteiger partial charge in [-0.25, -0.2) is 19.2 Å². The van der Waals surface area contributed by atoms with Gasteiger partial charge in [-0.2, -0.15) is 0 Å². The Balaban J connectivity index is 1.91. The van der Waals surface area contributed by atoms with E-state index in [4.69, 9.17) is 32.4 Å². The van der Waals surface area contributed by atoms with Crippen LogP contribution in [0.25, 0.3) is 0 Å². The van der Waals surface area contributed by atoms with Crippen LogP contribution in [0.3, 0.4) is 0 Å². The van der Waals surface area contributed by atoms with Crippen molar-refractivity contribution in [3.05, 3.63) is 70.8 Å². The molecule has 2 atom stereocenters. The topological polar surface area (TPSA) is 215 Å². The minimum absolute atomic E-state index is 0.141. The van der Waals surface area contributed by atoms with Crippen molar-refractivity contribution in [3.63, 3.8) is 0 Å². The van der Waals surface area contributed by atoms with Gasteiger partial charge in [0.1, 0.15) is 0 Å². The number of benzene rings is 2. The Morgan fingerprint density at radius 2 is 1.05 bits per heavy atom. The van der Waals surface area contributed by atoms with Crippen LogP contribution in [0.4, 0.5) is 21.0 Å². The first-order chi connectivity index (χ1) is 18.7. The molecule has 0 aliphatic carbocycles. The molecule has 0 fully saturated rings. The van der Waals surface area contributed by atoms with Gasteiger partial charge in [0.15, 0.2) is 12.5 Å². The first-order valence-electron chi connectivity index (χ1n) is 12.7. The summed E-state index contributed by atoms with van der Waals surface area (Å²) < 4.78 is 10.3. The SMILES string of the molecule is CC(C)c1ccc(CC(N)OC(=O)/C=C\C(=O)OC(N)Cc2ccc(C(C)C)c(NC(N)=O)c2)cc1NC(N)=O. The van der Waals surface area contributed by atoms with Crippen LogP contribution in [0.5, 0.6) is 0 Å². The van der Waals surface area contributed by atoms with Gasteiger partial charge in [0, 0.05) is 36.4 Å². The number of amides is 4. The summed E-state index contributed by atoms with van der Waals surface area (Å²) in [6.45, 7) is 7.90. The van der Waals surface area contributed by atoms with E-state index >= 15 is 0 Å². The Labute approximate surface area is 233 Å². The molecular formula is C28H38N6O6. The molecule has 12 nitrogen and oxygen atoms in total. The molecule has 0 saturated heterocycles. The van der Waals surface area contributed by atoms with Crippen molar-refractivity contribution < 1.29 is 28.7 Å². The van der Waals surface area contributed by atoms with Gasteiger partial charge in [-0.05, 0) is 46.2 Å². The van der Waals surface area contributed by atoms with Crippen molar-refractivity contribution in [2.45, 2.75) is 64.8 Å². The Morgan fingerprint density at radius 3 is 1.35 bits per heavy atom. The van der Waals surface area contributed by atoms with Crippen molar-refractivity contribution in [2.75, 3.05) is 10.6 Å². The van der Waals surface area contributed by atoms with Crippen LogP contribution >= 0.6 is 0 Å². The van der Waals surface area contributed by atoms with Crippen LogP contribution in [0.1, 0.15) is 61.8 Å². The Hall–Kier alpha value is -4.42. The molecular weight excluding hydrogens is 516 g/mol. The van der Waals surface area contributed by atoms with Crippen LogP contribution in [-0.4, -0.2) is 36.5 Å². The van der Waals surface area contributed by atoms with Gasteiger partial charge in [0.05, 0.1) is 0 Å². The summed E-state index contributed by atoms with van der Waals surface area (Å²) in [5.74, 6) is -1.42. The number of rotatable bonds is 12. The van der Waals surface area contributed by atoms with Crippen molar-refractivity contribution in [1.29, 1.82) is 0 Å². The molecule has 0 heterocycles. The standard InChI is InChI=1S/C28H38N6O6/c1-15(2)19-7-5-17(11-21(19)33-27(31)37)13-23(29)39-25(35)9-10-26(36)40-24(30)14-18-6-8-20(16(3)4)22(12-18)34-28(32)38/h5-12,15-16,23-24H,13-14,29-30H2,1-4H3,(H3,31,33,37)(H3,32,34,38)/b10-9-. The lowest BCUT2D eigenvalue weighted by molar-refractivity contribution is -0.145. The molecule has 0 aliphatic rings. The number of hydrogen-bond donors (Lipinski definition) is 6. The van der Waals surface area contributed by atoms with Crippen LogP contribution in [0.2, 0.25) is 0 Å². The zero-order valence-electron chi connectivity index (χ0n) is 23.1. The van der Waals surface area contributed by atoms with E-state index in [9.17, 15) is 19.2 Å². The van der Waals surface area contributed by atoms with Crippen LogP contribution in [0.15, 0.2) is 48.6 Å². The van der Waals surface area contributed by atoms with Crippen molar-refractivity contribution in [2.24, 2.45) is 22.9 Å². The summed E-state index contributed by atoms with van der Waals surface area (Å²) in [6, 6.07) is 9.34. The van der Waals surface area contributed by atoms with Gasteiger partial charge < -0.3 is 31.6 Å². The summed E-state index contributed by atoms with van der Waals surface area (Å²) in [5, 5.41) is 5.17. The highest BCUT2D eigenvalue weighted by Gasteiger charge is 2.15. The second-order valence-corrected chi connectivity index (χ2v) is 9.82. The van der Waals surface area contributed by atoms with Gasteiger partial charge in [-0.1, -0.05) is 52.0 Å². The fourth-order valence-corrected chi connectivity index (χ4v) is 4.01. The normalized spacial score (nSPS) is 12.7. The van der Waals surface area contributed by atoms with E-state index in [0.717, 1.165) is 23.3 Å². The molecule has 0 radical (unpaired) electrons. The number of hydrogen-bond acceptors (Lipinski definition) is 8. The van der Waals surface area contributed by atoms with Crippen molar-refractivity contribution in [3.8, 4) is 0 Å². The Morgan fingerprint density at radius 1 is 0.700 bits per heavy atom. The number of urea groups is 2. The molecule has 0 saturated carbocycles. The molecule has 2 unspecified atom stereocenters. The largest absolute Gasteiger partial charge is 0.443 e. The molecule has 12 heteroatoms. The summed E-state index contributed by atoms with van der Waals surface area (Å²) in [7, 11) is 0. The number of primary amides is 2. The highest BCUT2D eigenvalue weighted by Crippen LogP contribution is 2.27. The molecule has 4 amide bonds. The predicted molar refractivity (Wildman–Crippen MR) is 152 cm³/mol. The molecule has 2 aromatic carbocycles. The number of ether oxygens (including phenoxy) is 2. The molecule has 2 rings (SSSR count). The molecule has 40 heavy (non-hydrogen) atoms. The highest BCUT2D eigenvalue weighted by atomic mass is 16.6. The average Bonchev–Trinajstić information content (AvgIpc) is 2.81. The Bertz CT molecular complexity index is 1160. The fourth-order valence-electron chi connectivity index (χ4n) is 4.01. The van der Waals surface area contributed by atoms with E-state index in [1.54, 1.807) is 12.1 Å². The van der Waals surface area contributed by atoms with E-state index < -0.39 is 36.5 Å². The van der Waals surface area contributed by atoms with Crippen molar-refractivity contribution >= 4 is 35.4 Å². The zero-order chi connectivity index (χ0) is 30.0. The molecule has 0 spiro atoms. The number of nitrogens with two attached hydrogens (primary N) is 4. The van der Waals surface area contributed by atoms with Gasteiger partial charge in [0.2, 0.25) is 0 Å². The third-order valence-electron chi connectivity index (χ3n) is 5.76. The van der Waals surface area contributed by atoms with Crippen LogP contribution < -0.4 is 33.6 Å². The molecule has 0 aromatic heterocycles. The van der Waals surface area contributed by atoms with E-state index in [0.29, 0.717) is 22.5 Å². The number of esters is 2. The van der Waals surface area contributed by atoms with Gasteiger partial charge in [0.25, 0.3) is 0 Å². The zero-order valence-corrected chi connectivity index (χ0v) is 23.1. The lowest BCUT2D eigenvalue weighted by Gasteiger charge is -2.17. The Kier molecular flexibility index (Phi) is 11.7. The maximum Gasteiger partial charge on any atom is 0.332 e. The third-order valence-corrected chi connectivity index (χ3v) is 5.76. The monoisotopic (exact) mass is 554 g/mol. The summed E-state index contributed by atoms with van der Waals surface area (Å²) >= 11 is 0. The number of carbonyl (C=O) groups excluding carboxylic acids is 4. The third kappa shape index (κ3) is 10.4.